The predicted octanol–water partition coefficient (Wildman–Crippen LogP) is 4.86. The molecule has 0 aromatic carbocycles. The van der Waals surface area contributed by atoms with Gasteiger partial charge >= 0.3 is 0 Å². The summed E-state index contributed by atoms with van der Waals surface area (Å²) in [6.07, 6.45) is 14.1. The Balaban J connectivity index is 1.51. The van der Waals surface area contributed by atoms with Crippen LogP contribution in [-0.4, -0.2) is 19.3 Å². The fourth-order valence-corrected chi connectivity index (χ4v) is 7.11. The van der Waals surface area contributed by atoms with Gasteiger partial charge < -0.3 is 9.47 Å². The van der Waals surface area contributed by atoms with Crippen LogP contribution in [0.2, 0.25) is 0 Å². The Morgan fingerprint density at radius 2 is 1.91 bits per heavy atom. The lowest BCUT2D eigenvalue weighted by atomic mass is 9.48. The summed E-state index contributed by atoms with van der Waals surface area (Å²) in [5.41, 5.74) is 2.69. The van der Waals surface area contributed by atoms with Gasteiger partial charge in [0.15, 0.2) is 0 Å². The van der Waals surface area contributed by atoms with E-state index < -0.39 is 0 Å². The zero-order valence-corrected chi connectivity index (χ0v) is 14.9. The second kappa shape index (κ2) is 4.45. The predicted molar refractivity (Wildman–Crippen MR) is 90.9 cm³/mol. The van der Waals surface area contributed by atoms with E-state index in [1.165, 1.54) is 44.3 Å². The second-order valence-corrected chi connectivity index (χ2v) is 9.28. The number of hydrogen-bond acceptors (Lipinski definition) is 2. The van der Waals surface area contributed by atoms with Gasteiger partial charge in [-0.1, -0.05) is 19.9 Å². The smallest absolute Gasteiger partial charge is 0.0972 e. The lowest BCUT2D eigenvalue weighted by molar-refractivity contribution is -0.0446. The number of rotatable bonds is 1. The van der Waals surface area contributed by atoms with Gasteiger partial charge in [0.2, 0.25) is 0 Å². The van der Waals surface area contributed by atoms with E-state index in [4.69, 9.17) is 9.47 Å². The summed E-state index contributed by atoms with van der Waals surface area (Å²) in [4.78, 5) is 0. The van der Waals surface area contributed by atoms with Crippen molar-refractivity contribution < 1.29 is 9.47 Å². The molecule has 0 amide bonds. The van der Waals surface area contributed by atoms with E-state index in [0.29, 0.717) is 10.8 Å². The average molecular weight is 314 g/mol. The third-order valence-corrected chi connectivity index (χ3v) is 8.78. The van der Waals surface area contributed by atoms with Crippen LogP contribution in [-0.2, 0) is 9.47 Å². The van der Waals surface area contributed by atoms with Crippen LogP contribution in [0.5, 0.6) is 0 Å². The summed E-state index contributed by atoms with van der Waals surface area (Å²) in [5, 5.41) is 0. The molecule has 1 heterocycles. The maximum absolute atomic E-state index is 6.03. The number of epoxide rings is 1. The lowest BCUT2D eigenvalue weighted by Gasteiger charge is -2.56. The Labute approximate surface area is 140 Å². The van der Waals surface area contributed by atoms with Crippen molar-refractivity contribution in [3.8, 4) is 0 Å². The van der Waals surface area contributed by atoms with E-state index in [1.54, 1.807) is 5.57 Å². The molecular formula is C21H30O2. The van der Waals surface area contributed by atoms with Gasteiger partial charge in [-0.05, 0) is 73.3 Å². The molecule has 23 heavy (non-hydrogen) atoms. The highest BCUT2D eigenvalue weighted by Gasteiger charge is 2.69. The van der Waals surface area contributed by atoms with E-state index in [-0.39, 0.29) is 5.60 Å². The number of methoxy groups -OCH3 is 1. The monoisotopic (exact) mass is 314 g/mol. The first-order chi connectivity index (χ1) is 11.0. The molecule has 4 aliphatic carbocycles. The Kier molecular flexibility index (Phi) is 2.82. The molecule has 3 fully saturated rings. The molecule has 0 bridgehead atoms. The van der Waals surface area contributed by atoms with E-state index >= 15 is 0 Å². The highest BCUT2D eigenvalue weighted by atomic mass is 16.6. The average Bonchev–Trinajstić information content (AvgIpc) is 3.28. The van der Waals surface area contributed by atoms with Gasteiger partial charge in [0.05, 0.1) is 25.1 Å². The van der Waals surface area contributed by atoms with Crippen molar-refractivity contribution in [2.45, 2.75) is 64.4 Å². The maximum atomic E-state index is 6.03. The maximum Gasteiger partial charge on any atom is 0.0972 e. The normalized spacial score (nSPS) is 53.8. The molecule has 1 saturated heterocycles. The van der Waals surface area contributed by atoms with Crippen molar-refractivity contribution in [2.75, 3.05) is 13.7 Å². The minimum atomic E-state index is 0.281. The van der Waals surface area contributed by atoms with Crippen LogP contribution in [0.4, 0.5) is 0 Å². The van der Waals surface area contributed by atoms with E-state index in [1.807, 2.05) is 7.11 Å². The van der Waals surface area contributed by atoms with Crippen molar-refractivity contribution >= 4 is 0 Å². The highest BCUT2D eigenvalue weighted by Crippen LogP contribution is 2.70. The van der Waals surface area contributed by atoms with Gasteiger partial charge in [0.1, 0.15) is 0 Å². The number of fused-ring (bicyclic) bond motifs is 6. The zero-order chi connectivity index (χ0) is 15.9. The molecule has 2 nitrogen and oxygen atoms in total. The Morgan fingerprint density at radius 3 is 2.65 bits per heavy atom. The molecule has 6 atom stereocenters. The number of allylic oxidation sites excluding steroid dienone is 4. The van der Waals surface area contributed by atoms with Crippen molar-refractivity contribution in [2.24, 2.45) is 28.6 Å². The van der Waals surface area contributed by atoms with Gasteiger partial charge in [-0.15, -0.1) is 0 Å². The van der Waals surface area contributed by atoms with Crippen molar-refractivity contribution in [1.29, 1.82) is 0 Å². The van der Waals surface area contributed by atoms with Crippen LogP contribution >= 0.6 is 0 Å². The molecule has 1 aliphatic heterocycles. The fraction of sp³-hybridized carbons (Fsp3) is 0.810. The quantitative estimate of drug-likeness (QED) is 0.645. The summed E-state index contributed by atoms with van der Waals surface area (Å²) in [6, 6.07) is 0. The molecule has 0 aromatic rings. The van der Waals surface area contributed by atoms with Gasteiger partial charge in [0.25, 0.3) is 0 Å². The van der Waals surface area contributed by atoms with E-state index in [2.05, 4.69) is 26.0 Å². The first-order valence-corrected chi connectivity index (χ1v) is 9.62. The minimum Gasteiger partial charge on any atom is -0.501 e. The lowest BCUT2D eigenvalue weighted by Crippen LogP contribution is -2.50. The van der Waals surface area contributed by atoms with Gasteiger partial charge in [-0.3, -0.25) is 0 Å². The summed E-state index contributed by atoms with van der Waals surface area (Å²) >= 11 is 0. The molecule has 0 N–H and O–H groups in total. The molecule has 2 unspecified atom stereocenters. The summed E-state index contributed by atoms with van der Waals surface area (Å²) in [5.74, 6) is 3.80. The molecule has 0 aromatic heterocycles. The first kappa shape index (κ1) is 14.6. The zero-order valence-electron chi connectivity index (χ0n) is 14.9. The topological polar surface area (TPSA) is 21.8 Å². The highest BCUT2D eigenvalue weighted by molar-refractivity contribution is 5.36. The van der Waals surface area contributed by atoms with E-state index in [9.17, 15) is 0 Å². The fourth-order valence-electron chi connectivity index (χ4n) is 7.11. The standard InChI is InChI=1S/C21H30O2/c1-19-9-6-15(22-3)12-14(19)4-5-16-17(19)7-10-20(2)18(16)8-11-21(20)13-23-21/h4,12,16-18H,5-11,13H2,1-3H3/t16-,17?,18?,19+,20+,21-/m1/s1. The molecule has 5 rings (SSSR count). The molecule has 126 valence electrons. The number of hydrogen-bond donors (Lipinski definition) is 0. The first-order valence-electron chi connectivity index (χ1n) is 9.62. The molecule has 1 spiro atoms. The van der Waals surface area contributed by atoms with Crippen molar-refractivity contribution in [3.05, 3.63) is 23.5 Å². The number of ether oxygens (including phenoxy) is 2. The SMILES string of the molecule is COC1=CC2=CC[C@@H]3C(CC[C@@]4(C)C3CC[C@@]43CO3)[C@@]2(C)CC1. The Morgan fingerprint density at radius 1 is 1.13 bits per heavy atom. The van der Waals surface area contributed by atoms with E-state index in [0.717, 1.165) is 30.8 Å². The van der Waals surface area contributed by atoms with Crippen LogP contribution in [0, 0.1) is 28.6 Å². The van der Waals surface area contributed by atoms with Crippen LogP contribution < -0.4 is 0 Å². The summed E-state index contributed by atoms with van der Waals surface area (Å²) in [7, 11) is 1.82. The largest absolute Gasteiger partial charge is 0.501 e. The van der Waals surface area contributed by atoms with Crippen LogP contribution in [0.25, 0.3) is 0 Å². The minimum absolute atomic E-state index is 0.281. The molecular weight excluding hydrogens is 284 g/mol. The summed E-state index contributed by atoms with van der Waals surface area (Å²) < 4.78 is 11.6. The summed E-state index contributed by atoms with van der Waals surface area (Å²) in [6.45, 7) is 6.13. The Bertz CT molecular complexity index is 599. The van der Waals surface area contributed by atoms with Crippen LogP contribution in [0.15, 0.2) is 23.5 Å². The Hall–Kier alpha value is -0.760. The molecule has 2 saturated carbocycles. The second-order valence-electron chi connectivity index (χ2n) is 9.28. The van der Waals surface area contributed by atoms with Gasteiger partial charge in [-0.2, -0.15) is 0 Å². The van der Waals surface area contributed by atoms with Crippen LogP contribution in [0.3, 0.4) is 0 Å². The van der Waals surface area contributed by atoms with Crippen LogP contribution in [0.1, 0.15) is 58.8 Å². The van der Waals surface area contributed by atoms with Crippen molar-refractivity contribution in [3.63, 3.8) is 0 Å². The third kappa shape index (κ3) is 1.69. The van der Waals surface area contributed by atoms with Crippen molar-refractivity contribution in [1.82, 2.24) is 0 Å². The molecule has 2 heteroatoms. The molecule has 0 radical (unpaired) electrons. The third-order valence-electron chi connectivity index (χ3n) is 8.78. The van der Waals surface area contributed by atoms with Gasteiger partial charge in [0, 0.05) is 11.8 Å². The molecule has 5 aliphatic rings. The van der Waals surface area contributed by atoms with Gasteiger partial charge in [-0.25, -0.2) is 0 Å².